The number of halogens is 1. The summed E-state index contributed by atoms with van der Waals surface area (Å²) in [5, 5.41) is 17.8. The maximum atomic E-state index is 11.1. The molecule has 3 N–H and O–H groups in total. The number of aromatic carboxylic acids is 1. The lowest BCUT2D eigenvalue weighted by Crippen LogP contribution is -1.98. The highest BCUT2D eigenvalue weighted by atomic mass is 79.9. The summed E-state index contributed by atoms with van der Waals surface area (Å²) in [6.07, 6.45) is 0.333. The summed E-state index contributed by atoms with van der Waals surface area (Å²) in [4.78, 5) is 29.1. The molecule has 8 heteroatoms. The maximum absolute atomic E-state index is 11.1. The summed E-state index contributed by atoms with van der Waals surface area (Å²) in [6.45, 7) is 0. The van der Waals surface area contributed by atoms with Crippen LogP contribution in [0, 0.1) is 0 Å². The minimum atomic E-state index is -1.01. The van der Waals surface area contributed by atoms with Crippen molar-refractivity contribution in [2.75, 3.05) is 0 Å². The quantitative estimate of drug-likeness (QED) is 0.668. The van der Waals surface area contributed by atoms with E-state index in [0.29, 0.717) is 33.5 Å². The monoisotopic (exact) mass is 351 g/mol. The van der Waals surface area contributed by atoms with Crippen molar-refractivity contribution in [1.29, 1.82) is 0 Å². The Labute approximate surface area is 126 Å². The molecular formula is C13H10BrN3O4. The third-order valence-electron chi connectivity index (χ3n) is 3.20. The first-order chi connectivity index (χ1) is 9.97. The molecule has 1 aromatic carbocycles. The van der Waals surface area contributed by atoms with Crippen molar-refractivity contribution in [2.45, 2.75) is 12.8 Å². The van der Waals surface area contributed by atoms with Crippen molar-refractivity contribution >= 4 is 44.7 Å². The molecule has 3 aromatic rings. The number of aryl methyl sites for hydroxylation is 1. The maximum Gasteiger partial charge on any atom is 0.335 e. The third kappa shape index (κ3) is 2.27. The van der Waals surface area contributed by atoms with Crippen LogP contribution in [0.1, 0.15) is 22.5 Å². The molecule has 0 bridgehead atoms. The van der Waals surface area contributed by atoms with Gasteiger partial charge in [0.05, 0.1) is 23.0 Å². The van der Waals surface area contributed by atoms with Gasteiger partial charge >= 0.3 is 11.9 Å². The van der Waals surface area contributed by atoms with Crippen molar-refractivity contribution in [2.24, 2.45) is 0 Å². The van der Waals surface area contributed by atoms with E-state index in [9.17, 15) is 9.59 Å². The molecular weight excluding hydrogens is 342 g/mol. The van der Waals surface area contributed by atoms with E-state index in [4.69, 9.17) is 10.2 Å². The molecule has 0 saturated carbocycles. The Morgan fingerprint density at radius 2 is 2.10 bits per heavy atom. The number of rotatable bonds is 4. The largest absolute Gasteiger partial charge is 0.481 e. The second-order valence-electron chi connectivity index (χ2n) is 4.57. The summed E-state index contributed by atoms with van der Waals surface area (Å²) < 4.78 is 2.39. The number of nitrogens with zero attached hydrogens (tertiary/aromatic N) is 2. The molecule has 0 spiro atoms. The molecule has 21 heavy (non-hydrogen) atoms. The number of hydrogen-bond donors (Lipinski definition) is 3. The fourth-order valence-electron chi connectivity index (χ4n) is 2.21. The number of aromatic nitrogens is 3. The number of fused-ring (bicyclic) bond motifs is 3. The molecule has 2 aromatic heterocycles. The first-order valence-corrected chi connectivity index (χ1v) is 6.90. The zero-order valence-electron chi connectivity index (χ0n) is 10.6. The van der Waals surface area contributed by atoms with Gasteiger partial charge in [0.2, 0.25) is 5.78 Å². The van der Waals surface area contributed by atoms with Gasteiger partial charge in [-0.15, -0.1) is 0 Å². The predicted octanol–water partition coefficient (Wildman–Crippen LogP) is 2.29. The molecule has 0 unspecified atom stereocenters. The Bertz CT molecular complexity index is 880. The number of carbonyl (C=O) groups is 2. The topological polar surface area (TPSA) is 108 Å². The number of aromatic amines is 1. The number of aliphatic carboxylic acids is 1. The Morgan fingerprint density at radius 1 is 1.33 bits per heavy atom. The molecule has 0 atom stereocenters. The normalized spacial score (nSPS) is 11.3. The van der Waals surface area contributed by atoms with Crippen LogP contribution in [0.2, 0.25) is 0 Å². The highest BCUT2D eigenvalue weighted by molar-refractivity contribution is 9.10. The van der Waals surface area contributed by atoms with Gasteiger partial charge in [0.15, 0.2) is 0 Å². The van der Waals surface area contributed by atoms with E-state index in [2.05, 4.69) is 25.9 Å². The zero-order chi connectivity index (χ0) is 15.1. The molecule has 0 radical (unpaired) electrons. The van der Waals surface area contributed by atoms with Crippen molar-refractivity contribution in [3.63, 3.8) is 0 Å². The van der Waals surface area contributed by atoms with Gasteiger partial charge in [-0.25, -0.2) is 9.78 Å². The summed E-state index contributed by atoms with van der Waals surface area (Å²) in [5.41, 5.74) is 2.19. The van der Waals surface area contributed by atoms with Crippen molar-refractivity contribution in [3.05, 3.63) is 34.1 Å². The minimum Gasteiger partial charge on any atom is -0.481 e. The summed E-state index contributed by atoms with van der Waals surface area (Å²) in [7, 11) is 0. The molecule has 0 amide bonds. The minimum absolute atomic E-state index is 0.000572. The number of carboxylic acid groups (broad SMARTS) is 2. The number of benzene rings is 1. The van der Waals surface area contributed by atoms with Crippen LogP contribution in [0.5, 0.6) is 0 Å². The van der Waals surface area contributed by atoms with E-state index in [1.54, 1.807) is 10.5 Å². The lowest BCUT2D eigenvalue weighted by Gasteiger charge is -1.98. The van der Waals surface area contributed by atoms with Gasteiger partial charge in [-0.2, -0.15) is 0 Å². The first-order valence-electron chi connectivity index (χ1n) is 6.11. The van der Waals surface area contributed by atoms with E-state index in [0.717, 1.165) is 0 Å². The van der Waals surface area contributed by atoms with Crippen LogP contribution in [0.4, 0.5) is 0 Å². The smallest absolute Gasteiger partial charge is 0.335 e. The number of hydrogen-bond acceptors (Lipinski definition) is 3. The molecule has 0 saturated heterocycles. The van der Waals surface area contributed by atoms with Crippen molar-refractivity contribution < 1.29 is 19.8 Å². The molecule has 0 aliphatic rings. The fourth-order valence-corrected chi connectivity index (χ4v) is 2.87. The third-order valence-corrected chi connectivity index (χ3v) is 4.03. The van der Waals surface area contributed by atoms with Crippen LogP contribution >= 0.6 is 15.9 Å². The number of imidazole rings is 2. The zero-order valence-corrected chi connectivity index (χ0v) is 12.2. The highest BCUT2D eigenvalue weighted by Crippen LogP contribution is 2.26. The number of nitrogens with one attached hydrogen (secondary N) is 1. The molecule has 0 aliphatic carbocycles. The van der Waals surface area contributed by atoms with Crippen LogP contribution in [-0.4, -0.2) is 36.5 Å². The number of carboxylic acids is 2. The summed E-state index contributed by atoms with van der Waals surface area (Å²) in [6, 6.07) is 4.68. The van der Waals surface area contributed by atoms with Gasteiger partial charge in [0.1, 0.15) is 4.60 Å². The van der Waals surface area contributed by atoms with E-state index in [1.807, 2.05) is 0 Å². The van der Waals surface area contributed by atoms with E-state index >= 15 is 0 Å². The van der Waals surface area contributed by atoms with Crippen LogP contribution in [0.15, 0.2) is 22.8 Å². The molecule has 0 fully saturated rings. The molecule has 2 heterocycles. The average molecular weight is 352 g/mol. The van der Waals surface area contributed by atoms with Gasteiger partial charge in [-0.05, 0) is 34.1 Å². The molecule has 3 rings (SSSR count). The Hall–Kier alpha value is -2.35. The van der Waals surface area contributed by atoms with E-state index in [-0.39, 0.29) is 12.0 Å². The SMILES string of the molecule is O=C(O)CCc1[nH]c2nc3ccc(C(=O)O)cc3n2c1Br. The molecule has 0 aliphatic heterocycles. The van der Waals surface area contributed by atoms with Gasteiger partial charge in [0, 0.05) is 12.1 Å². The Balaban J connectivity index is 2.16. The molecule has 7 nitrogen and oxygen atoms in total. The average Bonchev–Trinajstić information content (AvgIpc) is 2.92. The highest BCUT2D eigenvalue weighted by Gasteiger charge is 2.16. The van der Waals surface area contributed by atoms with Gasteiger partial charge in [-0.3, -0.25) is 9.20 Å². The van der Waals surface area contributed by atoms with Crippen LogP contribution in [0.3, 0.4) is 0 Å². The van der Waals surface area contributed by atoms with E-state index < -0.39 is 11.9 Å². The lowest BCUT2D eigenvalue weighted by molar-refractivity contribution is -0.136. The van der Waals surface area contributed by atoms with Crippen LogP contribution in [0.25, 0.3) is 16.8 Å². The summed E-state index contributed by atoms with van der Waals surface area (Å²) >= 11 is 3.42. The lowest BCUT2D eigenvalue weighted by atomic mass is 10.2. The molecule has 108 valence electrons. The second kappa shape index (κ2) is 4.88. The Morgan fingerprint density at radius 3 is 2.76 bits per heavy atom. The summed E-state index contributed by atoms with van der Waals surface area (Å²) in [5.74, 6) is -1.35. The van der Waals surface area contributed by atoms with Crippen LogP contribution < -0.4 is 0 Å². The van der Waals surface area contributed by atoms with Gasteiger partial charge in [0.25, 0.3) is 0 Å². The van der Waals surface area contributed by atoms with Crippen molar-refractivity contribution in [3.8, 4) is 0 Å². The Kier molecular flexibility index (Phi) is 3.17. The van der Waals surface area contributed by atoms with E-state index in [1.165, 1.54) is 12.1 Å². The standard InChI is InChI=1S/C13H10BrN3O4/c14-11-8(3-4-10(18)19)16-13-15-7-2-1-6(12(20)21)5-9(7)17(11)13/h1-2,5H,3-4H2,(H,15,16)(H,18,19)(H,20,21). The van der Waals surface area contributed by atoms with Gasteiger partial charge < -0.3 is 15.2 Å². The first kappa shape index (κ1) is 13.6. The number of H-pyrrole nitrogens is 1. The van der Waals surface area contributed by atoms with Crippen LogP contribution in [-0.2, 0) is 11.2 Å². The van der Waals surface area contributed by atoms with Crippen molar-refractivity contribution in [1.82, 2.24) is 14.4 Å². The van der Waals surface area contributed by atoms with Gasteiger partial charge in [-0.1, -0.05) is 0 Å². The fraction of sp³-hybridized carbons (Fsp3) is 0.154. The predicted molar refractivity (Wildman–Crippen MR) is 77.7 cm³/mol. The second-order valence-corrected chi connectivity index (χ2v) is 5.32.